The summed E-state index contributed by atoms with van der Waals surface area (Å²) in [5.74, 6) is -0.505. The number of hydrogen-bond donors (Lipinski definition) is 3. The van der Waals surface area contributed by atoms with E-state index in [1.54, 1.807) is 0 Å². The maximum atomic E-state index is 12.1. The first kappa shape index (κ1) is 49.0. The van der Waals surface area contributed by atoms with Crippen LogP contribution in [0.4, 0.5) is 0 Å². The molecule has 0 fully saturated rings. The van der Waals surface area contributed by atoms with Crippen molar-refractivity contribution >= 4 is 19.7 Å². The Morgan fingerprint density at radius 1 is 0.540 bits per heavy atom. The van der Waals surface area contributed by atoms with Crippen LogP contribution in [0.15, 0.2) is 0 Å². The fourth-order valence-corrected chi connectivity index (χ4v) is 6.84. The number of nitrogens with one attached hydrogen (secondary N) is 1. The smallest absolute Gasteiger partial charge is 0.463 e. The normalized spacial score (nSPS) is 13.3. The van der Waals surface area contributed by atoms with Crippen LogP contribution in [0.5, 0.6) is 0 Å². The fraction of sp³-hybridized carbons (Fsp3) is 0.950. The van der Waals surface area contributed by atoms with Crippen molar-refractivity contribution in [2.75, 3.05) is 26.4 Å². The molecule has 50 heavy (non-hydrogen) atoms. The molecular weight excluding hydrogens is 653 g/mol. The minimum absolute atomic E-state index is 0.0883. The highest BCUT2D eigenvalue weighted by atomic mass is 31.2. The molecule has 10 heteroatoms. The van der Waals surface area contributed by atoms with E-state index in [4.69, 9.17) is 13.8 Å². The molecule has 2 atom stereocenters. The molecule has 0 bridgehead atoms. The summed E-state index contributed by atoms with van der Waals surface area (Å²) in [6.45, 7) is 3.58. The van der Waals surface area contributed by atoms with E-state index in [1.807, 2.05) is 0 Å². The molecule has 0 aromatic rings. The third kappa shape index (κ3) is 38.2. The zero-order valence-electron chi connectivity index (χ0n) is 32.6. The first-order chi connectivity index (χ1) is 24.3. The van der Waals surface area contributed by atoms with Crippen LogP contribution in [-0.4, -0.2) is 54.3 Å². The van der Waals surface area contributed by atoms with Gasteiger partial charge in [0.25, 0.3) is 0 Å². The molecule has 0 aliphatic heterocycles. The molecule has 2 unspecified atom stereocenters. The van der Waals surface area contributed by atoms with Gasteiger partial charge in [0.1, 0.15) is 12.7 Å². The van der Waals surface area contributed by atoms with E-state index in [0.29, 0.717) is 6.42 Å². The first-order valence-corrected chi connectivity index (χ1v) is 22.5. The minimum atomic E-state index is -4.40. The predicted molar refractivity (Wildman–Crippen MR) is 206 cm³/mol. The van der Waals surface area contributed by atoms with Gasteiger partial charge in [-0.3, -0.25) is 18.6 Å². The van der Waals surface area contributed by atoms with Crippen LogP contribution in [0.1, 0.15) is 213 Å². The van der Waals surface area contributed by atoms with Gasteiger partial charge in [-0.1, -0.05) is 187 Å². The molecule has 0 aliphatic rings. The molecule has 0 radical (unpaired) electrons. The number of amides is 1. The molecule has 0 rings (SSSR count). The molecule has 0 saturated carbocycles. The van der Waals surface area contributed by atoms with Crippen molar-refractivity contribution in [1.82, 2.24) is 5.32 Å². The van der Waals surface area contributed by atoms with Gasteiger partial charge in [0.05, 0.1) is 13.2 Å². The Balaban J connectivity index is 3.55. The Kier molecular flexibility index (Phi) is 37.0. The lowest BCUT2D eigenvalue weighted by Crippen LogP contribution is -2.27. The highest BCUT2D eigenvalue weighted by Crippen LogP contribution is 2.42. The molecule has 0 aromatic heterocycles. The van der Waals surface area contributed by atoms with Gasteiger partial charge >= 0.3 is 13.8 Å². The third-order valence-electron chi connectivity index (χ3n) is 9.29. The number of aliphatic hydroxyl groups is 1. The van der Waals surface area contributed by atoms with Gasteiger partial charge in [-0.05, 0) is 12.8 Å². The van der Waals surface area contributed by atoms with Gasteiger partial charge in [0.15, 0.2) is 0 Å². The van der Waals surface area contributed by atoms with Gasteiger partial charge in [-0.2, -0.15) is 0 Å². The number of phosphoric ester groups is 1. The van der Waals surface area contributed by atoms with E-state index in [-0.39, 0.29) is 32.1 Å². The summed E-state index contributed by atoms with van der Waals surface area (Å²) < 4.78 is 26.8. The molecule has 3 N–H and O–H groups in total. The second-order valence-corrected chi connectivity index (χ2v) is 15.8. The quantitative estimate of drug-likeness (QED) is 0.0322. The van der Waals surface area contributed by atoms with Crippen LogP contribution in [0, 0.1) is 0 Å². The number of phosphoric acid groups is 1. The van der Waals surface area contributed by atoms with E-state index < -0.39 is 26.5 Å². The summed E-state index contributed by atoms with van der Waals surface area (Å²) in [7, 11) is -4.40. The first-order valence-electron chi connectivity index (χ1n) is 21.0. The Labute approximate surface area is 307 Å². The topological polar surface area (TPSA) is 131 Å². The summed E-state index contributed by atoms with van der Waals surface area (Å²) in [5.41, 5.74) is 0. The van der Waals surface area contributed by atoms with E-state index >= 15 is 0 Å². The Bertz CT molecular complexity index is 799. The molecule has 9 nitrogen and oxygen atoms in total. The number of ether oxygens (including phenoxy) is 1. The second-order valence-electron chi connectivity index (χ2n) is 14.3. The summed E-state index contributed by atoms with van der Waals surface area (Å²) in [4.78, 5) is 33.8. The van der Waals surface area contributed by atoms with Crippen molar-refractivity contribution in [3.05, 3.63) is 0 Å². The Morgan fingerprint density at radius 2 is 0.900 bits per heavy atom. The molecule has 0 spiro atoms. The predicted octanol–water partition coefficient (Wildman–Crippen LogP) is 11.3. The number of carbonyl (C=O) groups excluding carboxylic acids is 2. The van der Waals surface area contributed by atoms with Crippen LogP contribution in [0.25, 0.3) is 0 Å². The number of unbranched alkanes of at least 4 members (excludes halogenated alkanes) is 27. The lowest BCUT2D eigenvalue weighted by atomic mass is 10.0. The largest absolute Gasteiger partial charge is 0.472 e. The van der Waals surface area contributed by atoms with Crippen molar-refractivity contribution < 1.29 is 37.9 Å². The van der Waals surface area contributed by atoms with Gasteiger partial charge in [-0.15, -0.1) is 0 Å². The number of aliphatic hydroxyl groups excluding tert-OH is 1. The Morgan fingerprint density at radius 3 is 1.30 bits per heavy atom. The van der Waals surface area contributed by atoms with Crippen molar-refractivity contribution in [3.63, 3.8) is 0 Å². The SMILES string of the molecule is CCCCCCCCCCCCCCCCCCCC(=O)NCCOP(=O)(O)OCC(O)COC(=O)CCCCCCCCCCCCCC. The molecule has 0 aliphatic carbocycles. The highest BCUT2D eigenvalue weighted by Gasteiger charge is 2.23. The second kappa shape index (κ2) is 37.8. The molecule has 0 aromatic carbocycles. The Hall–Kier alpha value is -0.990. The van der Waals surface area contributed by atoms with Crippen LogP contribution >= 0.6 is 7.82 Å². The maximum absolute atomic E-state index is 12.1. The average molecular weight is 734 g/mol. The number of esters is 1. The van der Waals surface area contributed by atoms with E-state index in [2.05, 4.69) is 19.2 Å². The van der Waals surface area contributed by atoms with Gasteiger partial charge in [0.2, 0.25) is 5.91 Å². The highest BCUT2D eigenvalue weighted by molar-refractivity contribution is 7.47. The van der Waals surface area contributed by atoms with E-state index in [0.717, 1.165) is 38.5 Å². The van der Waals surface area contributed by atoms with E-state index in [1.165, 1.54) is 148 Å². The van der Waals surface area contributed by atoms with Crippen molar-refractivity contribution in [2.45, 2.75) is 219 Å². The minimum Gasteiger partial charge on any atom is -0.463 e. The summed E-state index contributed by atoms with van der Waals surface area (Å²) >= 11 is 0. The van der Waals surface area contributed by atoms with Crippen LogP contribution in [0.2, 0.25) is 0 Å². The maximum Gasteiger partial charge on any atom is 0.472 e. The molecular formula is C40H80NO8P. The van der Waals surface area contributed by atoms with E-state index in [9.17, 15) is 24.2 Å². The summed E-state index contributed by atoms with van der Waals surface area (Å²) in [6, 6.07) is 0. The zero-order valence-corrected chi connectivity index (χ0v) is 33.5. The van der Waals surface area contributed by atoms with Gasteiger partial charge in [-0.25, -0.2) is 4.57 Å². The zero-order chi connectivity index (χ0) is 36.8. The third-order valence-corrected chi connectivity index (χ3v) is 10.3. The van der Waals surface area contributed by atoms with Gasteiger partial charge < -0.3 is 20.1 Å². The van der Waals surface area contributed by atoms with Crippen molar-refractivity contribution in [3.8, 4) is 0 Å². The number of carbonyl (C=O) groups is 2. The van der Waals surface area contributed by atoms with Crippen molar-refractivity contribution in [2.24, 2.45) is 0 Å². The number of hydrogen-bond acceptors (Lipinski definition) is 7. The fourth-order valence-electron chi connectivity index (χ4n) is 6.09. The summed E-state index contributed by atoms with van der Waals surface area (Å²) in [5, 5.41) is 12.7. The van der Waals surface area contributed by atoms with Crippen molar-refractivity contribution in [1.29, 1.82) is 0 Å². The van der Waals surface area contributed by atoms with Crippen LogP contribution in [0.3, 0.4) is 0 Å². The monoisotopic (exact) mass is 734 g/mol. The molecule has 0 saturated heterocycles. The van der Waals surface area contributed by atoms with Crippen LogP contribution < -0.4 is 5.32 Å². The number of rotatable bonds is 40. The molecule has 0 heterocycles. The lowest BCUT2D eigenvalue weighted by Gasteiger charge is -2.15. The van der Waals surface area contributed by atoms with Gasteiger partial charge in [0, 0.05) is 19.4 Å². The molecule has 298 valence electrons. The average Bonchev–Trinajstić information content (AvgIpc) is 3.10. The standard InChI is InChI=1S/C40H80NO8P/c1-3-5-7-9-11-13-15-17-18-19-20-21-22-24-26-28-30-32-39(43)41-34-35-48-50(45,46)49-37-38(42)36-47-40(44)33-31-29-27-25-23-16-14-12-10-8-6-4-2/h38,42H,3-37H2,1-2H3,(H,41,43)(H,45,46). The lowest BCUT2D eigenvalue weighted by molar-refractivity contribution is -0.147. The molecule has 1 amide bonds. The summed E-state index contributed by atoms with van der Waals surface area (Å²) in [6.07, 6.45) is 36.0. The van der Waals surface area contributed by atoms with Crippen LogP contribution in [-0.2, 0) is 27.9 Å².